The van der Waals surface area contributed by atoms with E-state index in [4.69, 9.17) is 5.84 Å². The first-order chi connectivity index (χ1) is 8.70. The zero-order valence-corrected chi connectivity index (χ0v) is 10.7. The minimum absolute atomic E-state index is 0.128. The van der Waals surface area contributed by atoms with Gasteiger partial charge in [0.1, 0.15) is 6.17 Å². The Morgan fingerprint density at radius 3 is 2.11 bits per heavy atom. The van der Waals surface area contributed by atoms with Crippen LogP contribution in [-0.4, -0.2) is 6.17 Å². The van der Waals surface area contributed by atoms with E-state index in [0.29, 0.717) is 0 Å². The molecule has 0 amide bonds. The zero-order valence-electron chi connectivity index (χ0n) is 10.7. The lowest BCUT2D eigenvalue weighted by Crippen LogP contribution is -2.43. The molecule has 0 spiro atoms. The summed E-state index contributed by atoms with van der Waals surface area (Å²) in [6, 6.07) is 16.6. The highest BCUT2D eigenvalue weighted by Gasteiger charge is 2.32. The Morgan fingerprint density at radius 1 is 0.889 bits per heavy atom. The van der Waals surface area contributed by atoms with Gasteiger partial charge in [0.15, 0.2) is 0 Å². The Morgan fingerprint density at radius 2 is 1.44 bits per heavy atom. The lowest BCUT2D eigenvalue weighted by Gasteiger charge is -2.28. The first-order valence-corrected chi connectivity index (χ1v) is 6.18. The van der Waals surface area contributed by atoms with Crippen molar-refractivity contribution in [1.29, 1.82) is 0 Å². The van der Waals surface area contributed by atoms with Crippen LogP contribution in [0, 0.1) is 6.92 Å². The summed E-state index contributed by atoms with van der Waals surface area (Å²) in [5.41, 5.74) is 4.72. The van der Waals surface area contributed by atoms with Crippen LogP contribution in [0.3, 0.4) is 0 Å². The maximum atomic E-state index is 6.16. The molecule has 1 heterocycles. The van der Waals surface area contributed by atoms with E-state index in [9.17, 15) is 0 Å². The molecule has 18 heavy (non-hydrogen) atoms. The van der Waals surface area contributed by atoms with Crippen LogP contribution >= 0.6 is 0 Å². The first-order valence-electron chi connectivity index (χ1n) is 6.18. The van der Waals surface area contributed by atoms with Crippen molar-refractivity contribution in [2.75, 3.05) is 9.91 Å². The molecule has 2 aromatic rings. The molecule has 0 saturated heterocycles. The highest BCUT2D eigenvalue weighted by Crippen LogP contribution is 2.42. The quantitative estimate of drug-likeness (QED) is 0.776. The van der Waals surface area contributed by atoms with Gasteiger partial charge >= 0.3 is 0 Å². The average molecular weight is 239 g/mol. The third kappa shape index (κ3) is 1.48. The second-order valence-electron chi connectivity index (χ2n) is 4.68. The zero-order chi connectivity index (χ0) is 12.7. The molecular formula is C15H17N3. The van der Waals surface area contributed by atoms with Crippen LogP contribution in [0.1, 0.15) is 12.5 Å². The maximum Gasteiger partial charge on any atom is 0.118 e. The molecule has 2 N–H and O–H groups in total. The van der Waals surface area contributed by atoms with Crippen LogP contribution in [0.4, 0.5) is 17.1 Å². The maximum absolute atomic E-state index is 6.16. The largest absolute Gasteiger partial charge is 0.317 e. The summed E-state index contributed by atoms with van der Waals surface area (Å²) in [7, 11) is 0. The molecule has 0 aromatic heterocycles. The molecule has 0 saturated carbocycles. The standard InChI is InChI=1S/C15H17N3/c1-11-7-3-4-8-13(11)17-12(2)18(16)15-10-6-5-9-14(15)17/h3-10,12H,16H2,1-2H3. The van der Waals surface area contributed by atoms with E-state index < -0.39 is 0 Å². The highest BCUT2D eigenvalue weighted by molar-refractivity contribution is 5.83. The molecular weight excluding hydrogens is 222 g/mol. The summed E-state index contributed by atoms with van der Waals surface area (Å²) < 4.78 is 0. The molecule has 1 unspecified atom stereocenters. The number of para-hydroxylation sites is 3. The molecule has 3 rings (SSSR count). The number of benzene rings is 2. The van der Waals surface area contributed by atoms with Gasteiger partial charge in [-0.2, -0.15) is 0 Å². The van der Waals surface area contributed by atoms with Gasteiger partial charge in [-0.1, -0.05) is 30.3 Å². The number of fused-ring (bicyclic) bond motifs is 1. The lowest BCUT2D eigenvalue weighted by molar-refractivity contribution is 0.697. The normalized spacial score (nSPS) is 18.1. The highest BCUT2D eigenvalue weighted by atomic mass is 15.5. The fourth-order valence-corrected chi connectivity index (χ4v) is 2.58. The topological polar surface area (TPSA) is 32.5 Å². The van der Waals surface area contributed by atoms with Crippen molar-refractivity contribution < 1.29 is 0 Å². The second kappa shape index (κ2) is 4.03. The molecule has 0 aliphatic carbocycles. The fraction of sp³-hybridized carbons (Fsp3) is 0.200. The summed E-state index contributed by atoms with van der Waals surface area (Å²) >= 11 is 0. The van der Waals surface area contributed by atoms with Crippen LogP contribution in [0.2, 0.25) is 0 Å². The van der Waals surface area contributed by atoms with Crippen LogP contribution in [0.5, 0.6) is 0 Å². The van der Waals surface area contributed by atoms with Gasteiger partial charge in [-0.15, -0.1) is 0 Å². The summed E-state index contributed by atoms with van der Waals surface area (Å²) in [6.07, 6.45) is 0.128. The molecule has 1 aliphatic rings. The van der Waals surface area contributed by atoms with Gasteiger partial charge in [0.2, 0.25) is 0 Å². The number of rotatable bonds is 1. The van der Waals surface area contributed by atoms with E-state index >= 15 is 0 Å². The second-order valence-corrected chi connectivity index (χ2v) is 4.68. The molecule has 2 aromatic carbocycles. The van der Waals surface area contributed by atoms with Crippen molar-refractivity contribution in [3.63, 3.8) is 0 Å². The number of nitrogens with two attached hydrogens (primary N) is 1. The van der Waals surface area contributed by atoms with Crippen LogP contribution < -0.4 is 15.8 Å². The van der Waals surface area contributed by atoms with Crippen LogP contribution in [0.15, 0.2) is 48.5 Å². The number of hydrogen-bond donors (Lipinski definition) is 1. The molecule has 0 bridgehead atoms. The van der Waals surface area contributed by atoms with Gasteiger partial charge < -0.3 is 4.90 Å². The van der Waals surface area contributed by atoms with Crippen molar-refractivity contribution in [2.24, 2.45) is 5.84 Å². The Hall–Kier alpha value is -2.00. The smallest absolute Gasteiger partial charge is 0.118 e. The van der Waals surface area contributed by atoms with Crippen LogP contribution in [0.25, 0.3) is 0 Å². The minimum atomic E-state index is 0.128. The molecule has 1 atom stereocenters. The number of hydrogen-bond acceptors (Lipinski definition) is 3. The van der Waals surface area contributed by atoms with E-state index in [1.165, 1.54) is 16.9 Å². The monoisotopic (exact) mass is 239 g/mol. The molecule has 0 radical (unpaired) electrons. The van der Waals surface area contributed by atoms with E-state index in [1.807, 2.05) is 11.1 Å². The number of anilines is 3. The van der Waals surface area contributed by atoms with E-state index in [0.717, 1.165) is 5.69 Å². The van der Waals surface area contributed by atoms with Gasteiger partial charge in [-0.25, -0.2) is 5.84 Å². The molecule has 0 fully saturated rings. The summed E-state index contributed by atoms with van der Waals surface area (Å²) in [6.45, 7) is 4.25. The average Bonchev–Trinajstić information content (AvgIpc) is 2.64. The molecule has 3 heteroatoms. The van der Waals surface area contributed by atoms with Crippen molar-refractivity contribution in [3.05, 3.63) is 54.1 Å². The third-order valence-corrected chi connectivity index (χ3v) is 3.57. The lowest BCUT2D eigenvalue weighted by atomic mass is 10.1. The Bertz CT molecular complexity index is 579. The minimum Gasteiger partial charge on any atom is -0.317 e. The van der Waals surface area contributed by atoms with Crippen LogP contribution in [-0.2, 0) is 0 Å². The van der Waals surface area contributed by atoms with Crippen molar-refractivity contribution in [3.8, 4) is 0 Å². The Labute approximate surface area is 107 Å². The Kier molecular flexibility index (Phi) is 2.49. The van der Waals surface area contributed by atoms with Crippen molar-refractivity contribution in [1.82, 2.24) is 0 Å². The van der Waals surface area contributed by atoms with Gasteiger partial charge in [0, 0.05) is 5.69 Å². The Balaban J connectivity index is 2.16. The number of aryl methyl sites for hydroxylation is 1. The summed E-state index contributed by atoms with van der Waals surface area (Å²) in [5, 5.41) is 1.82. The number of nitrogens with zero attached hydrogens (tertiary/aromatic N) is 2. The fourth-order valence-electron chi connectivity index (χ4n) is 2.58. The van der Waals surface area contributed by atoms with Gasteiger partial charge in [0.05, 0.1) is 11.4 Å². The van der Waals surface area contributed by atoms with Gasteiger partial charge in [-0.3, -0.25) is 5.01 Å². The van der Waals surface area contributed by atoms with Crippen molar-refractivity contribution >= 4 is 17.1 Å². The summed E-state index contributed by atoms with van der Waals surface area (Å²) in [4.78, 5) is 2.28. The van der Waals surface area contributed by atoms with E-state index in [1.54, 1.807) is 0 Å². The predicted molar refractivity (Wildman–Crippen MR) is 75.9 cm³/mol. The SMILES string of the molecule is Cc1ccccc1N1c2ccccc2N(N)C1C. The molecule has 1 aliphatic heterocycles. The van der Waals surface area contributed by atoms with Crippen molar-refractivity contribution in [2.45, 2.75) is 20.0 Å². The summed E-state index contributed by atoms with van der Waals surface area (Å²) in [5.74, 6) is 6.16. The third-order valence-electron chi connectivity index (χ3n) is 3.57. The van der Waals surface area contributed by atoms with E-state index in [-0.39, 0.29) is 6.17 Å². The predicted octanol–water partition coefficient (Wildman–Crippen LogP) is 3.17. The first kappa shape index (κ1) is 11.1. The number of hydrazine groups is 1. The molecule has 92 valence electrons. The van der Waals surface area contributed by atoms with Gasteiger partial charge in [0.25, 0.3) is 0 Å². The molecule has 3 nitrogen and oxygen atoms in total. The van der Waals surface area contributed by atoms with E-state index in [2.05, 4.69) is 61.2 Å². The van der Waals surface area contributed by atoms with Gasteiger partial charge in [-0.05, 0) is 37.6 Å².